The maximum absolute atomic E-state index is 13.1. The number of methoxy groups -OCH3 is 1. The fourth-order valence-corrected chi connectivity index (χ4v) is 4.38. The third-order valence-corrected chi connectivity index (χ3v) is 6.05. The van der Waals surface area contributed by atoms with Crippen LogP contribution >= 0.6 is 0 Å². The third-order valence-electron chi connectivity index (χ3n) is 6.05. The molecule has 1 N–H and O–H groups in total. The Morgan fingerprint density at radius 2 is 2.00 bits per heavy atom. The molecule has 2 aliphatic heterocycles. The fraction of sp³-hybridized carbons (Fsp3) is 0.391. The number of benzene rings is 1. The molecule has 3 aromatic rings. The van der Waals surface area contributed by atoms with Crippen LogP contribution in [0.2, 0.25) is 0 Å². The largest absolute Gasteiger partial charge is 0.496 e. The van der Waals surface area contributed by atoms with Gasteiger partial charge in [-0.05, 0) is 61.7 Å². The summed E-state index contributed by atoms with van der Waals surface area (Å²) in [5, 5.41) is 11.6. The SMILES string of the molecule is COc1cc2c(cc1C(=O)Nc1cccc(-c3nnc4n3CCCC4)n1)CN(C)CC2. The summed E-state index contributed by atoms with van der Waals surface area (Å²) in [4.78, 5) is 20.0. The first kappa shape index (κ1) is 19.7. The molecule has 0 saturated carbocycles. The summed E-state index contributed by atoms with van der Waals surface area (Å²) in [6.07, 6.45) is 4.15. The molecule has 8 heteroatoms. The number of aryl methyl sites for hydroxylation is 1. The van der Waals surface area contributed by atoms with Gasteiger partial charge in [-0.15, -0.1) is 10.2 Å². The summed E-state index contributed by atoms with van der Waals surface area (Å²) in [5.74, 6) is 2.58. The molecule has 0 unspecified atom stereocenters. The van der Waals surface area contributed by atoms with Gasteiger partial charge in [0.1, 0.15) is 23.1 Å². The normalized spacial score (nSPS) is 15.8. The molecule has 2 aliphatic rings. The van der Waals surface area contributed by atoms with Crippen LogP contribution in [-0.2, 0) is 25.9 Å². The second-order valence-electron chi connectivity index (χ2n) is 8.22. The number of ether oxygens (including phenoxy) is 1. The molecule has 0 aliphatic carbocycles. The number of carbonyl (C=O) groups excluding carboxylic acids is 1. The molecule has 4 heterocycles. The van der Waals surface area contributed by atoms with Crippen LogP contribution in [0.25, 0.3) is 11.5 Å². The molecular formula is C23H26N6O2. The van der Waals surface area contributed by atoms with Gasteiger partial charge in [-0.1, -0.05) is 6.07 Å². The number of aromatic nitrogens is 4. The first-order valence-electron chi connectivity index (χ1n) is 10.7. The van der Waals surface area contributed by atoms with E-state index in [-0.39, 0.29) is 5.91 Å². The number of pyridine rings is 1. The maximum atomic E-state index is 13.1. The van der Waals surface area contributed by atoms with E-state index in [9.17, 15) is 4.79 Å². The molecule has 0 fully saturated rings. The standard InChI is InChI=1S/C23H26N6O2/c1-28-11-9-15-13-19(31-2)17(12-16(15)14-28)23(30)25-20-7-5-6-18(24-20)22-27-26-21-8-3-4-10-29(21)22/h5-7,12-13H,3-4,8-11,14H2,1-2H3,(H,24,25,30). The Morgan fingerprint density at radius 3 is 2.87 bits per heavy atom. The molecule has 0 bridgehead atoms. The fourth-order valence-electron chi connectivity index (χ4n) is 4.38. The lowest BCUT2D eigenvalue weighted by Crippen LogP contribution is -2.27. The zero-order chi connectivity index (χ0) is 21.4. The van der Waals surface area contributed by atoms with Crippen molar-refractivity contribution in [2.45, 2.75) is 38.8 Å². The van der Waals surface area contributed by atoms with Crippen LogP contribution in [0.5, 0.6) is 5.75 Å². The molecule has 1 amide bonds. The lowest BCUT2D eigenvalue weighted by Gasteiger charge is -2.26. The highest BCUT2D eigenvalue weighted by molar-refractivity contribution is 6.06. The van der Waals surface area contributed by atoms with Crippen LogP contribution in [0.4, 0.5) is 5.82 Å². The smallest absolute Gasteiger partial charge is 0.260 e. The van der Waals surface area contributed by atoms with Crippen molar-refractivity contribution in [1.82, 2.24) is 24.6 Å². The summed E-state index contributed by atoms with van der Waals surface area (Å²) in [6, 6.07) is 9.49. The Bertz CT molecular complexity index is 1140. The summed E-state index contributed by atoms with van der Waals surface area (Å²) >= 11 is 0. The Morgan fingerprint density at radius 1 is 1.10 bits per heavy atom. The minimum atomic E-state index is -0.235. The maximum Gasteiger partial charge on any atom is 0.260 e. The van der Waals surface area contributed by atoms with E-state index in [0.717, 1.165) is 62.5 Å². The van der Waals surface area contributed by atoms with Gasteiger partial charge in [-0.2, -0.15) is 0 Å². The van der Waals surface area contributed by atoms with Gasteiger partial charge >= 0.3 is 0 Å². The molecule has 5 rings (SSSR count). The first-order valence-corrected chi connectivity index (χ1v) is 10.7. The molecule has 0 saturated heterocycles. The summed E-state index contributed by atoms with van der Waals surface area (Å²) in [6.45, 7) is 2.73. The number of anilines is 1. The van der Waals surface area contributed by atoms with Gasteiger partial charge in [0.25, 0.3) is 5.91 Å². The van der Waals surface area contributed by atoms with E-state index in [1.807, 2.05) is 24.3 Å². The number of rotatable bonds is 4. The van der Waals surface area contributed by atoms with Crippen molar-refractivity contribution in [3.63, 3.8) is 0 Å². The summed E-state index contributed by atoms with van der Waals surface area (Å²) < 4.78 is 7.65. The van der Waals surface area contributed by atoms with Crippen molar-refractivity contribution in [3.05, 3.63) is 52.8 Å². The number of amides is 1. The quantitative estimate of drug-likeness (QED) is 0.701. The molecular weight excluding hydrogens is 392 g/mol. The second-order valence-corrected chi connectivity index (χ2v) is 8.22. The second kappa shape index (κ2) is 8.11. The van der Waals surface area contributed by atoms with E-state index in [0.29, 0.717) is 22.8 Å². The highest BCUT2D eigenvalue weighted by Crippen LogP contribution is 2.29. The summed E-state index contributed by atoms with van der Waals surface area (Å²) in [5.41, 5.74) is 3.63. The Kier molecular flexibility index (Phi) is 5.15. The molecule has 0 spiro atoms. The van der Waals surface area contributed by atoms with Gasteiger partial charge in [-0.25, -0.2) is 4.98 Å². The average Bonchev–Trinajstić information content (AvgIpc) is 3.22. The predicted octanol–water partition coefficient (Wildman–Crippen LogP) is 2.93. The number of carbonyl (C=O) groups is 1. The lowest BCUT2D eigenvalue weighted by atomic mass is 9.96. The zero-order valence-electron chi connectivity index (χ0n) is 17.9. The minimum Gasteiger partial charge on any atom is -0.496 e. The van der Waals surface area contributed by atoms with E-state index in [4.69, 9.17) is 4.74 Å². The van der Waals surface area contributed by atoms with Crippen molar-refractivity contribution in [1.29, 1.82) is 0 Å². The number of hydrogen-bond acceptors (Lipinski definition) is 6. The number of hydrogen-bond donors (Lipinski definition) is 1. The molecule has 8 nitrogen and oxygen atoms in total. The van der Waals surface area contributed by atoms with E-state index in [2.05, 4.69) is 37.0 Å². The van der Waals surface area contributed by atoms with Gasteiger partial charge in [0.15, 0.2) is 5.82 Å². The minimum absolute atomic E-state index is 0.235. The lowest BCUT2D eigenvalue weighted by molar-refractivity contribution is 0.102. The van der Waals surface area contributed by atoms with Gasteiger partial charge in [0.05, 0.1) is 12.7 Å². The highest BCUT2D eigenvalue weighted by atomic mass is 16.5. The molecule has 2 aromatic heterocycles. The van der Waals surface area contributed by atoms with Crippen LogP contribution in [0.15, 0.2) is 30.3 Å². The molecule has 160 valence electrons. The summed E-state index contributed by atoms with van der Waals surface area (Å²) in [7, 11) is 3.69. The van der Waals surface area contributed by atoms with Crippen LogP contribution in [-0.4, -0.2) is 51.3 Å². The Balaban J connectivity index is 1.42. The third kappa shape index (κ3) is 3.79. The van der Waals surface area contributed by atoms with E-state index >= 15 is 0 Å². The Labute approximate surface area is 181 Å². The van der Waals surface area contributed by atoms with Crippen LogP contribution in [0, 0.1) is 0 Å². The van der Waals surface area contributed by atoms with E-state index in [1.54, 1.807) is 13.2 Å². The van der Waals surface area contributed by atoms with Crippen LogP contribution in [0.3, 0.4) is 0 Å². The van der Waals surface area contributed by atoms with Crippen molar-refractivity contribution in [2.75, 3.05) is 26.0 Å². The van der Waals surface area contributed by atoms with E-state index < -0.39 is 0 Å². The first-order chi connectivity index (χ1) is 15.1. The van der Waals surface area contributed by atoms with Crippen LogP contribution in [0.1, 0.15) is 40.2 Å². The van der Waals surface area contributed by atoms with Gasteiger partial charge in [0.2, 0.25) is 0 Å². The van der Waals surface area contributed by atoms with E-state index in [1.165, 1.54) is 5.56 Å². The van der Waals surface area contributed by atoms with Crippen molar-refractivity contribution >= 4 is 11.7 Å². The number of fused-ring (bicyclic) bond motifs is 2. The van der Waals surface area contributed by atoms with Gasteiger partial charge in [0, 0.05) is 26.1 Å². The molecule has 0 atom stereocenters. The number of nitrogens with one attached hydrogen (secondary N) is 1. The van der Waals surface area contributed by atoms with Gasteiger partial charge in [-0.3, -0.25) is 4.79 Å². The average molecular weight is 419 g/mol. The predicted molar refractivity (Wildman–Crippen MR) is 117 cm³/mol. The number of likely N-dealkylation sites (N-methyl/N-ethyl adjacent to an activating group) is 1. The molecule has 31 heavy (non-hydrogen) atoms. The monoisotopic (exact) mass is 418 g/mol. The van der Waals surface area contributed by atoms with Crippen molar-refractivity contribution in [2.24, 2.45) is 0 Å². The molecule has 0 radical (unpaired) electrons. The topological polar surface area (TPSA) is 85.2 Å². The van der Waals surface area contributed by atoms with Crippen molar-refractivity contribution < 1.29 is 9.53 Å². The van der Waals surface area contributed by atoms with Crippen molar-refractivity contribution in [3.8, 4) is 17.3 Å². The highest BCUT2D eigenvalue weighted by Gasteiger charge is 2.21. The van der Waals surface area contributed by atoms with Gasteiger partial charge < -0.3 is 19.5 Å². The zero-order valence-corrected chi connectivity index (χ0v) is 17.9. The van der Waals surface area contributed by atoms with Crippen LogP contribution < -0.4 is 10.1 Å². The molecule has 1 aromatic carbocycles. The Hall–Kier alpha value is -3.26. The number of nitrogens with zero attached hydrogens (tertiary/aromatic N) is 5.